The summed E-state index contributed by atoms with van der Waals surface area (Å²) in [6.45, 7) is 8.79. The van der Waals surface area contributed by atoms with Crippen LogP contribution in [-0.4, -0.2) is 24.4 Å². The third-order valence-electron chi connectivity index (χ3n) is 7.66. The van der Waals surface area contributed by atoms with Gasteiger partial charge in [0.25, 0.3) is 5.91 Å². The van der Waals surface area contributed by atoms with Crippen LogP contribution in [0.2, 0.25) is 0 Å². The highest BCUT2D eigenvalue weighted by Gasteiger charge is 2.27. The first-order valence-corrected chi connectivity index (χ1v) is 16.6. The van der Waals surface area contributed by atoms with Crippen molar-refractivity contribution in [3.05, 3.63) is 142 Å². The van der Waals surface area contributed by atoms with E-state index < -0.39 is 23.8 Å². The molecule has 8 nitrogen and oxygen atoms in total. The fourth-order valence-electron chi connectivity index (χ4n) is 5.00. The molecule has 1 heterocycles. The van der Waals surface area contributed by atoms with E-state index in [9.17, 15) is 14.4 Å². The maximum absolute atomic E-state index is 13.8. The monoisotopic (exact) mass is 661 g/mol. The summed E-state index contributed by atoms with van der Waals surface area (Å²) in [6, 6.07) is 32.6. The Balaban J connectivity index is 1.26. The molecule has 0 unspecified atom stereocenters. The minimum Gasteiger partial charge on any atom is -0.489 e. The first-order chi connectivity index (χ1) is 23.1. The van der Waals surface area contributed by atoms with Gasteiger partial charge in [-0.2, -0.15) is 0 Å². The van der Waals surface area contributed by atoms with Crippen LogP contribution in [0.15, 0.2) is 115 Å². The molecule has 1 aromatic heterocycles. The molecule has 3 N–H and O–H groups in total. The molecule has 4 aromatic carbocycles. The third kappa shape index (κ3) is 8.56. The molecule has 0 fully saturated rings. The van der Waals surface area contributed by atoms with Crippen molar-refractivity contribution in [1.29, 1.82) is 0 Å². The number of amides is 2. The highest BCUT2D eigenvalue weighted by atomic mass is 32.1. The van der Waals surface area contributed by atoms with Gasteiger partial charge in [0.2, 0.25) is 5.91 Å². The van der Waals surface area contributed by atoms with Gasteiger partial charge in [-0.3, -0.25) is 15.0 Å². The molecule has 0 bridgehead atoms. The van der Waals surface area contributed by atoms with Crippen LogP contribution in [0.5, 0.6) is 5.75 Å². The molecule has 2 amide bonds. The molecule has 0 saturated heterocycles. The van der Waals surface area contributed by atoms with Crippen LogP contribution < -0.4 is 20.9 Å². The maximum Gasteiger partial charge on any atom is 0.341 e. The summed E-state index contributed by atoms with van der Waals surface area (Å²) in [5, 5.41) is 5.07. The standard InChI is InChI=1S/C39H39N3O5S/c1-5-46-38(45)33-32(27-12-8-6-9-13-27)25-48-37(33)40-36(44)34(28-14-10-7-11-15-28)41-42-35(43)29-18-16-26(17-19-29)24-47-31-22-20-30(21-23-31)39(2,3)4/h6-23,25,34,41H,5,24H2,1-4H3,(H,40,44)(H,42,43)/t34-/m0/s1. The molecule has 0 aliphatic carbocycles. The number of hydrogen-bond acceptors (Lipinski definition) is 7. The van der Waals surface area contributed by atoms with Gasteiger partial charge in [-0.25, -0.2) is 10.2 Å². The molecular weight excluding hydrogens is 623 g/mol. The van der Waals surface area contributed by atoms with Crippen molar-refractivity contribution in [2.75, 3.05) is 11.9 Å². The van der Waals surface area contributed by atoms with Gasteiger partial charge in [-0.1, -0.05) is 106 Å². The summed E-state index contributed by atoms with van der Waals surface area (Å²) in [5.74, 6) is -0.634. The molecule has 0 aliphatic rings. The number of benzene rings is 4. The van der Waals surface area contributed by atoms with E-state index in [4.69, 9.17) is 9.47 Å². The Hall–Kier alpha value is -5.25. The van der Waals surface area contributed by atoms with Gasteiger partial charge in [0.15, 0.2) is 0 Å². The number of anilines is 1. The van der Waals surface area contributed by atoms with Crippen molar-refractivity contribution in [3.63, 3.8) is 0 Å². The largest absolute Gasteiger partial charge is 0.489 e. The first kappa shape index (κ1) is 34.1. The summed E-state index contributed by atoms with van der Waals surface area (Å²) in [5.41, 5.74) is 10.6. The summed E-state index contributed by atoms with van der Waals surface area (Å²) in [7, 11) is 0. The van der Waals surface area contributed by atoms with Crippen molar-refractivity contribution < 1.29 is 23.9 Å². The van der Waals surface area contributed by atoms with E-state index in [2.05, 4.69) is 49.1 Å². The van der Waals surface area contributed by atoms with Crippen LogP contribution in [-0.2, 0) is 21.6 Å². The van der Waals surface area contributed by atoms with Crippen LogP contribution in [0.4, 0.5) is 5.00 Å². The van der Waals surface area contributed by atoms with Crippen molar-refractivity contribution in [1.82, 2.24) is 10.9 Å². The zero-order valence-corrected chi connectivity index (χ0v) is 28.2. The van der Waals surface area contributed by atoms with E-state index in [1.165, 1.54) is 16.9 Å². The summed E-state index contributed by atoms with van der Waals surface area (Å²) >= 11 is 1.23. The van der Waals surface area contributed by atoms with Gasteiger partial charge in [-0.05, 0) is 58.9 Å². The van der Waals surface area contributed by atoms with E-state index in [1.807, 2.05) is 78.2 Å². The van der Waals surface area contributed by atoms with Crippen LogP contribution in [0.1, 0.15) is 71.1 Å². The summed E-state index contributed by atoms with van der Waals surface area (Å²) < 4.78 is 11.3. The van der Waals surface area contributed by atoms with Gasteiger partial charge < -0.3 is 14.8 Å². The van der Waals surface area contributed by atoms with Gasteiger partial charge in [-0.15, -0.1) is 11.3 Å². The van der Waals surface area contributed by atoms with E-state index in [0.717, 1.165) is 16.9 Å². The molecule has 9 heteroatoms. The molecule has 1 atom stereocenters. The van der Waals surface area contributed by atoms with Crippen molar-refractivity contribution in [2.24, 2.45) is 0 Å². The molecule has 5 rings (SSSR count). The Morgan fingerprint density at radius 1 is 0.812 bits per heavy atom. The fraction of sp³-hybridized carbons (Fsp3) is 0.205. The smallest absolute Gasteiger partial charge is 0.341 e. The predicted molar refractivity (Wildman–Crippen MR) is 190 cm³/mol. The second-order valence-corrected chi connectivity index (χ2v) is 13.0. The lowest BCUT2D eigenvalue weighted by Gasteiger charge is -2.20. The lowest BCUT2D eigenvalue weighted by Crippen LogP contribution is -2.44. The molecule has 0 spiro atoms. The zero-order valence-electron chi connectivity index (χ0n) is 27.4. The number of hydrazine groups is 1. The Bertz CT molecular complexity index is 1830. The lowest BCUT2D eigenvalue weighted by molar-refractivity contribution is -0.118. The van der Waals surface area contributed by atoms with Crippen LogP contribution >= 0.6 is 11.3 Å². The first-order valence-electron chi connectivity index (χ1n) is 15.7. The average molecular weight is 662 g/mol. The highest BCUT2D eigenvalue weighted by Crippen LogP contribution is 2.36. The summed E-state index contributed by atoms with van der Waals surface area (Å²) in [4.78, 5) is 40.0. The summed E-state index contributed by atoms with van der Waals surface area (Å²) in [6.07, 6.45) is 0. The van der Waals surface area contributed by atoms with E-state index in [-0.39, 0.29) is 17.6 Å². The number of carbonyl (C=O) groups excluding carboxylic acids is 3. The third-order valence-corrected chi connectivity index (χ3v) is 8.55. The topological polar surface area (TPSA) is 106 Å². The van der Waals surface area contributed by atoms with E-state index >= 15 is 0 Å². The van der Waals surface area contributed by atoms with Crippen molar-refractivity contribution in [3.8, 4) is 16.9 Å². The predicted octanol–water partition coefficient (Wildman–Crippen LogP) is 8.08. The molecule has 48 heavy (non-hydrogen) atoms. The number of rotatable bonds is 12. The minimum absolute atomic E-state index is 0.0685. The number of thiophene rings is 1. The Morgan fingerprint density at radius 3 is 2.08 bits per heavy atom. The molecule has 5 aromatic rings. The quantitative estimate of drug-likeness (QED) is 0.0922. The van der Waals surface area contributed by atoms with E-state index in [1.54, 1.807) is 31.2 Å². The number of carbonyl (C=O) groups is 3. The van der Waals surface area contributed by atoms with Crippen molar-refractivity contribution in [2.45, 2.75) is 45.8 Å². The molecule has 0 aliphatic heterocycles. The minimum atomic E-state index is -0.968. The van der Waals surface area contributed by atoms with Crippen molar-refractivity contribution >= 4 is 34.1 Å². The van der Waals surface area contributed by atoms with Crippen LogP contribution in [0.25, 0.3) is 11.1 Å². The SMILES string of the molecule is CCOC(=O)c1c(-c2ccccc2)csc1NC(=O)[C@@H](NNC(=O)c1ccc(COc2ccc(C(C)(C)C)cc2)cc1)c1ccccc1. The number of esters is 1. The average Bonchev–Trinajstić information content (AvgIpc) is 3.52. The maximum atomic E-state index is 13.8. The second kappa shape index (κ2) is 15.6. The molecule has 0 saturated carbocycles. The number of ether oxygens (including phenoxy) is 2. The van der Waals surface area contributed by atoms with Gasteiger partial charge in [0.05, 0.1) is 6.61 Å². The van der Waals surface area contributed by atoms with E-state index in [0.29, 0.717) is 28.3 Å². The zero-order chi connectivity index (χ0) is 34.1. The Labute approximate surface area is 285 Å². The van der Waals surface area contributed by atoms with Crippen LogP contribution in [0, 0.1) is 0 Å². The highest BCUT2D eigenvalue weighted by molar-refractivity contribution is 7.15. The number of hydrogen-bond donors (Lipinski definition) is 3. The second-order valence-electron chi connectivity index (χ2n) is 12.1. The molecule has 0 radical (unpaired) electrons. The fourth-order valence-corrected chi connectivity index (χ4v) is 5.96. The molecular formula is C39H39N3O5S. The van der Waals surface area contributed by atoms with Gasteiger partial charge in [0, 0.05) is 16.5 Å². The Morgan fingerprint density at radius 2 is 1.46 bits per heavy atom. The number of nitrogens with one attached hydrogen (secondary N) is 3. The Kier molecular flexibility index (Phi) is 11.1. The molecule has 246 valence electrons. The van der Waals surface area contributed by atoms with Gasteiger partial charge >= 0.3 is 5.97 Å². The lowest BCUT2D eigenvalue weighted by atomic mass is 9.87. The van der Waals surface area contributed by atoms with Gasteiger partial charge in [0.1, 0.15) is 29.0 Å². The van der Waals surface area contributed by atoms with Crippen LogP contribution in [0.3, 0.4) is 0 Å². The normalized spacial score (nSPS) is 11.8.